The number of carbonyl (C=O) groups is 1. The topological polar surface area (TPSA) is 47.6 Å². The lowest BCUT2D eigenvalue weighted by molar-refractivity contribution is 0.102. The second-order valence-corrected chi connectivity index (χ2v) is 6.69. The Bertz CT molecular complexity index is 689. The third-order valence-electron chi connectivity index (χ3n) is 4.11. The van der Waals surface area contributed by atoms with Gasteiger partial charge in [0.1, 0.15) is 0 Å². The van der Waals surface area contributed by atoms with Crippen molar-refractivity contribution in [1.29, 1.82) is 0 Å². The van der Waals surface area contributed by atoms with Gasteiger partial charge in [-0.05, 0) is 67.8 Å². The van der Waals surface area contributed by atoms with Crippen LogP contribution in [-0.2, 0) is 0 Å². The van der Waals surface area contributed by atoms with E-state index in [1.807, 2.05) is 18.4 Å². The molecule has 0 atom stereocenters. The van der Waals surface area contributed by atoms with Crippen molar-refractivity contribution in [3.8, 4) is 11.5 Å². The summed E-state index contributed by atoms with van der Waals surface area (Å²) in [6.45, 7) is 1.98. The van der Waals surface area contributed by atoms with Gasteiger partial charge in [0.05, 0.1) is 18.2 Å². The maximum atomic E-state index is 12.5. The van der Waals surface area contributed by atoms with E-state index in [1.54, 1.807) is 25.3 Å². The molecule has 1 fully saturated rings. The Balaban J connectivity index is 1.79. The number of carbonyl (C=O) groups excluding carboxylic acids is 1. The minimum absolute atomic E-state index is 0.130. The summed E-state index contributed by atoms with van der Waals surface area (Å²) in [4.78, 5) is 12.5. The number of rotatable bonds is 5. The van der Waals surface area contributed by atoms with Gasteiger partial charge >= 0.3 is 0 Å². The number of benzene rings is 1. The molecule has 0 unspecified atom stereocenters. The van der Waals surface area contributed by atoms with Gasteiger partial charge in [0.25, 0.3) is 5.91 Å². The summed E-state index contributed by atoms with van der Waals surface area (Å²) in [5, 5.41) is 5.79. The first-order chi connectivity index (χ1) is 11.2. The third kappa shape index (κ3) is 3.67. The lowest BCUT2D eigenvalue weighted by Gasteiger charge is -2.16. The molecule has 0 aliphatic heterocycles. The van der Waals surface area contributed by atoms with Gasteiger partial charge in [0.15, 0.2) is 11.5 Å². The van der Waals surface area contributed by atoms with E-state index in [-0.39, 0.29) is 12.0 Å². The Hall–Kier alpha value is -2.01. The fourth-order valence-electron chi connectivity index (χ4n) is 2.77. The molecule has 3 rings (SSSR count). The van der Waals surface area contributed by atoms with Crippen molar-refractivity contribution in [3.63, 3.8) is 0 Å². The number of amides is 1. The molecular weight excluding hydrogens is 310 g/mol. The van der Waals surface area contributed by atoms with Crippen LogP contribution >= 0.6 is 11.3 Å². The van der Waals surface area contributed by atoms with E-state index in [1.165, 1.54) is 24.2 Å². The van der Waals surface area contributed by atoms with Gasteiger partial charge in [-0.2, -0.15) is 0 Å². The highest BCUT2D eigenvalue weighted by molar-refractivity contribution is 7.14. The van der Waals surface area contributed by atoms with E-state index in [0.717, 1.165) is 23.4 Å². The Kier molecular flexibility index (Phi) is 4.86. The molecule has 122 valence electrons. The zero-order valence-electron chi connectivity index (χ0n) is 13.4. The Morgan fingerprint density at radius 2 is 2.00 bits per heavy atom. The van der Waals surface area contributed by atoms with Gasteiger partial charge in [-0.25, -0.2) is 0 Å². The van der Waals surface area contributed by atoms with Crippen LogP contribution in [0, 0.1) is 6.92 Å². The van der Waals surface area contributed by atoms with Crippen LogP contribution in [0.2, 0.25) is 0 Å². The second kappa shape index (κ2) is 7.04. The molecule has 1 aromatic carbocycles. The Morgan fingerprint density at radius 3 is 2.65 bits per heavy atom. The first kappa shape index (κ1) is 15.9. The van der Waals surface area contributed by atoms with E-state index in [2.05, 4.69) is 5.32 Å². The highest BCUT2D eigenvalue weighted by Crippen LogP contribution is 2.33. The highest BCUT2D eigenvalue weighted by atomic mass is 32.1. The van der Waals surface area contributed by atoms with Gasteiger partial charge in [-0.3, -0.25) is 4.79 Å². The number of methoxy groups -OCH3 is 1. The molecule has 2 aromatic rings. The molecule has 1 amide bonds. The number of nitrogens with one attached hydrogen (secondary N) is 1. The molecule has 0 spiro atoms. The summed E-state index contributed by atoms with van der Waals surface area (Å²) < 4.78 is 11.4. The van der Waals surface area contributed by atoms with Crippen molar-refractivity contribution < 1.29 is 14.3 Å². The summed E-state index contributed by atoms with van der Waals surface area (Å²) in [7, 11) is 1.62. The maximum absolute atomic E-state index is 12.5. The van der Waals surface area contributed by atoms with Crippen LogP contribution in [0.4, 0.5) is 5.00 Å². The van der Waals surface area contributed by atoms with E-state index in [4.69, 9.17) is 9.47 Å². The molecular formula is C18H21NO3S. The van der Waals surface area contributed by atoms with Crippen LogP contribution in [-0.4, -0.2) is 19.1 Å². The largest absolute Gasteiger partial charge is 0.493 e. The van der Waals surface area contributed by atoms with Crippen molar-refractivity contribution in [2.45, 2.75) is 38.7 Å². The van der Waals surface area contributed by atoms with Crippen molar-refractivity contribution in [2.24, 2.45) is 0 Å². The van der Waals surface area contributed by atoms with Crippen molar-refractivity contribution >= 4 is 22.2 Å². The zero-order chi connectivity index (χ0) is 16.2. The zero-order valence-corrected chi connectivity index (χ0v) is 14.2. The molecule has 1 N–H and O–H groups in total. The van der Waals surface area contributed by atoms with Gasteiger partial charge < -0.3 is 14.8 Å². The second-order valence-electron chi connectivity index (χ2n) is 5.78. The smallest absolute Gasteiger partial charge is 0.256 e. The highest BCUT2D eigenvalue weighted by Gasteiger charge is 2.20. The summed E-state index contributed by atoms with van der Waals surface area (Å²) >= 11 is 1.52. The van der Waals surface area contributed by atoms with Crippen molar-refractivity contribution in [1.82, 2.24) is 0 Å². The molecule has 0 radical (unpaired) electrons. The SMILES string of the molecule is COc1ccc(C(=O)Nc2sccc2C)cc1OC1CCCC1. The monoisotopic (exact) mass is 331 g/mol. The number of hydrogen-bond acceptors (Lipinski definition) is 4. The van der Waals surface area contributed by atoms with Gasteiger partial charge in [-0.1, -0.05) is 0 Å². The molecule has 1 aliphatic carbocycles. The molecule has 1 saturated carbocycles. The Labute approximate surface area is 140 Å². The van der Waals surface area contributed by atoms with Crippen LogP contribution in [0.15, 0.2) is 29.6 Å². The summed E-state index contributed by atoms with van der Waals surface area (Å²) in [6, 6.07) is 7.32. The molecule has 1 aliphatic rings. The van der Waals surface area contributed by atoms with Crippen LogP contribution in [0.25, 0.3) is 0 Å². The lowest BCUT2D eigenvalue weighted by atomic mass is 10.2. The number of anilines is 1. The van der Waals surface area contributed by atoms with E-state index in [9.17, 15) is 4.79 Å². The molecule has 5 heteroatoms. The molecule has 4 nitrogen and oxygen atoms in total. The van der Waals surface area contributed by atoms with Gasteiger partial charge in [0.2, 0.25) is 0 Å². The Morgan fingerprint density at radius 1 is 1.22 bits per heavy atom. The van der Waals surface area contributed by atoms with E-state index in [0.29, 0.717) is 17.1 Å². The fraction of sp³-hybridized carbons (Fsp3) is 0.389. The normalized spacial score (nSPS) is 14.7. The van der Waals surface area contributed by atoms with E-state index < -0.39 is 0 Å². The average Bonchev–Trinajstić information content (AvgIpc) is 3.20. The first-order valence-corrected chi connectivity index (χ1v) is 8.75. The lowest BCUT2D eigenvalue weighted by Crippen LogP contribution is -2.14. The summed E-state index contributed by atoms with van der Waals surface area (Å²) in [6.07, 6.45) is 4.75. The molecule has 1 aromatic heterocycles. The molecule has 0 saturated heterocycles. The fourth-order valence-corrected chi connectivity index (χ4v) is 3.59. The average molecular weight is 331 g/mol. The van der Waals surface area contributed by atoms with Crippen LogP contribution in [0.5, 0.6) is 11.5 Å². The molecule has 0 bridgehead atoms. The standard InChI is InChI=1S/C18H21NO3S/c1-12-9-10-23-18(12)19-17(20)13-7-8-15(21-2)16(11-13)22-14-5-3-4-6-14/h7-11,14H,3-6H2,1-2H3,(H,19,20). The summed E-state index contributed by atoms with van der Waals surface area (Å²) in [5.74, 6) is 1.19. The minimum Gasteiger partial charge on any atom is -0.493 e. The number of ether oxygens (including phenoxy) is 2. The predicted molar refractivity (Wildman–Crippen MR) is 92.9 cm³/mol. The van der Waals surface area contributed by atoms with E-state index >= 15 is 0 Å². The van der Waals surface area contributed by atoms with Crippen molar-refractivity contribution in [2.75, 3.05) is 12.4 Å². The molecule has 1 heterocycles. The van der Waals surface area contributed by atoms with Crippen LogP contribution in [0.1, 0.15) is 41.6 Å². The molecule has 23 heavy (non-hydrogen) atoms. The number of thiophene rings is 1. The predicted octanol–water partition coefficient (Wildman–Crippen LogP) is 4.64. The maximum Gasteiger partial charge on any atom is 0.256 e. The quantitative estimate of drug-likeness (QED) is 0.868. The minimum atomic E-state index is -0.130. The third-order valence-corrected chi connectivity index (χ3v) is 5.04. The number of aryl methyl sites for hydroxylation is 1. The number of hydrogen-bond donors (Lipinski definition) is 1. The van der Waals surface area contributed by atoms with Gasteiger partial charge in [-0.15, -0.1) is 11.3 Å². The first-order valence-electron chi connectivity index (χ1n) is 7.87. The van der Waals surface area contributed by atoms with Crippen LogP contribution in [0.3, 0.4) is 0 Å². The summed E-state index contributed by atoms with van der Waals surface area (Å²) in [5.41, 5.74) is 1.64. The van der Waals surface area contributed by atoms with Gasteiger partial charge in [0, 0.05) is 5.56 Å². The van der Waals surface area contributed by atoms with Crippen LogP contribution < -0.4 is 14.8 Å². The van der Waals surface area contributed by atoms with Crippen molar-refractivity contribution in [3.05, 3.63) is 40.8 Å².